The lowest BCUT2D eigenvalue weighted by Gasteiger charge is -2.02. The molecule has 0 saturated heterocycles. The molecule has 0 saturated carbocycles. The van der Waals surface area contributed by atoms with Gasteiger partial charge in [-0.05, 0) is 28.1 Å². The Morgan fingerprint density at radius 2 is 2.08 bits per heavy atom. The molecule has 1 aromatic rings. The molecule has 0 atom stereocenters. The van der Waals surface area contributed by atoms with Crippen molar-refractivity contribution in [1.82, 2.24) is 0 Å². The fraction of sp³-hybridized carbons (Fsp3) is 0.143. The second-order valence-electron chi connectivity index (χ2n) is 2.31. The van der Waals surface area contributed by atoms with E-state index in [4.69, 9.17) is 5.11 Å². The number of halogens is 2. The highest BCUT2D eigenvalue weighted by atomic mass is 79.9. The molecular weight excluding hydrogens is 306 g/mol. The van der Waals surface area contributed by atoms with E-state index in [0.717, 1.165) is 0 Å². The number of aliphatic hydroxyl groups excluding tert-OH is 1. The molecule has 1 rings (SSSR count). The fourth-order valence-electron chi connectivity index (χ4n) is 0.944. The SMILES string of the molecule is O=[N+]([O-])c1c(Br)cc(Br)cc1CO. The summed E-state index contributed by atoms with van der Waals surface area (Å²) < 4.78 is 1.05. The topological polar surface area (TPSA) is 63.4 Å². The predicted molar refractivity (Wildman–Crippen MR) is 54.4 cm³/mol. The standard InChI is InChI=1S/C7H5Br2NO3/c8-5-1-4(3-11)7(10(12)13)6(9)2-5/h1-2,11H,3H2. The van der Waals surface area contributed by atoms with Crippen LogP contribution >= 0.6 is 31.9 Å². The number of rotatable bonds is 2. The molecule has 0 spiro atoms. The monoisotopic (exact) mass is 309 g/mol. The van der Waals surface area contributed by atoms with Crippen molar-refractivity contribution in [2.45, 2.75) is 6.61 Å². The van der Waals surface area contributed by atoms with E-state index >= 15 is 0 Å². The van der Waals surface area contributed by atoms with Crippen LogP contribution in [0.4, 0.5) is 5.69 Å². The summed E-state index contributed by atoms with van der Waals surface area (Å²) in [7, 11) is 0. The number of benzene rings is 1. The molecular formula is C7H5Br2NO3. The molecule has 0 heterocycles. The molecule has 0 fully saturated rings. The molecule has 0 aliphatic rings. The first-order valence-electron chi connectivity index (χ1n) is 3.29. The molecule has 0 aromatic heterocycles. The largest absolute Gasteiger partial charge is 0.391 e. The van der Waals surface area contributed by atoms with E-state index in [1.807, 2.05) is 0 Å². The Hall–Kier alpha value is -0.460. The van der Waals surface area contributed by atoms with Crippen LogP contribution in [-0.2, 0) is 6.61 Å². The number of nitrogens with zero attached hydrogens (tertiary/aromatic N) is 1. The van der Waals surface area contributed by atoms with Crippen LogP contribution in [0, 0.1) is 10.1 Å². The van der Waals surface area contributed by atoms with E-state index < -0.39 is 4.92 Å². The summed E-state index contributed by atoms with van der Waals surface area (Å²) in [5, 5.41) is 19.4. The fourth-order valence-corrected chi connectivity index (χ4v) is 2.40. The number of hydrogen-bond acceptors (Lipinski definition) is 3. The summed E-state index contributed by atoms with van der Waals surface area (Å²) >= 11 is 6.23. The Kier molecular flexibility index (Phi) is 3.40. The first-order chi connectivity index (χ1) is 6.06. The molecule has 13 heavy (non-hydrogen) atoms. The smallest absolute Gasteiger partial charge is 0.289 e. The second kappa shape index (κ2) is 4.17. The summed E-state index contributed by atoms with van der Waals surface area (Å²) in [5.41, 5.74) is 0.192. The van der Waals surface area contributed by atoms with Gasteiger partial charge in [-0.1, -0.05) is 15.9 Å². The normalized spacial score (nSPS) is 10.1. The zero-order valence-corrected chi connectivity index (χ0v) is 9.50. The Balaban J connectivity index is 3.38. The minimum absolute atomic E-state index is 0.0919. The zero-order valence-electron chi connectivity index (χ0n) is 6.33. The van der Waals surface area contributed by atoms with Crippen molar-refractivity contribution in [1.29, 1.82) is 0 Å². The van der Waals surface area contributed by atoms with Crippen LogP contribution < -0.4 is 0 Å². The summed E-state index contributed by atoms with van der Waals surface area (Å²) in [6.07, 6.45) is 0. The van der Waals surface area contributed by atoms with E-state index in [9.17, 15) is 10.1 Å². The van der Waals surface area contributed by atoms with Crippen LogP contribution in [0.2, 0.25) is 0 Å². The van der Waals surface area contributed by atoms with Gasteiger partial charge in [-0.25, -0.2) is 0 Å². The molecule has 6 heteroatoms. The van der Waals surface area contributed by atoms with Gasteiger partial charge in [0.2, 0.25) is 0 Å². The lowest BCUT2D eigenvalue weighted by molar-refractivity contribution is -0.386. The van der Waals surface area contributed by atoms with Crippen molar-refractivity contribution in [3.8, 4) is 0 Å². The van der Waals surface area contributed by atoms with Gasteiger partial charge in [-0.2, -0.15) is 0 Å². The Morgan fingerprint density at radius 3 is 2.54 bits per heavy atom. The highest BCUT2D eigenvalue weighted by Gasteiger charge is 2.18. The van der Waals surface area contributed by atoms with E-state index in [0.29, 0.717) is 8.95 Å². The molecule has 4 nitrogen and oxygen atoms in total. The predicted octanol–water partition coefficient (Wildman–Crippen LogP) is 2.61. The van der Waals surface area contributed by atoms with Crippen molar-refractivity contribution < 1.29 is 10.0 Å². The summed E-state index contributed by atoms with van der Waals surface area (Å²) in [4.78, 5) is 10.0. The van der Waals surface area contributed by atoms with Crippen LogP contribution in [0.25, 0.3) is 0 Å². The molecule has 70 valence electrons. The van der Waals surface area contributed by atoms with Gasteiger partial charge in [0, 0.05) is 4.47 Å². The van der Waals surface area contributed by atoms with Crippen LogP contribution in [-0.4, -0.2) is 10.0 Å². The van der Waals surface area contributed by atoms with Crippen LogP contribution in [0.5, 0.6) is 0 Å². The molecule has 0 aliphatic heterocycles. The molecule has 1 N–H and O–H groups in total. The summed E-state index contributed by atoms with van der Waals surface area (Å²) in [6, 6.07) is 3.08. The van der Waals surface area contributed by atoms with Gasteiger partial charge in [0.1, 0.15) is 0 Å². The third-order valence-corrected chi connectivity index (χ3v) is 2.52. The highest BCUT2D eigenvalue weighted by molar-refractivity contribution is 9.11. The van der Waals surface area contributed by atoms with Crippen LogP contribution in [0.3, 0.4) is 0 Å². The maximum atomic E-state index is 10.6. The van der Waals surface area contributed by atoms with Gasteiger partial charge in [0.15, 0.2) is 0 Å². The summed E-state index contributed by atoms with van der Waals surface area (Å²) in [6.45, 7) is -0.353. The quantitative estimate of drug-likeness (QED) is 0.674. The third-order valence-electron chi connectivity index (χ3n) is 1.46. The zero-order chi connectivity index (χ0) is 10.0. The molecule has 0 aliphatic carbocycles. The molecule has 1 aromatic carbocycles. The minimum Gasteiger partial charge on any atom is -0.391 e. The van der Waals surface area contributed by atoms with E-state index in [2.05, 4.69) is 31.9 Å². The van der Waals surface area contributed by atoms with Gasteiger partial charge < -0.3 is 5.11 Å². The molecule has 0 radical (unpaired) electrons. The van der Waals surface area contributed by atoms with Crippen molar-refractivity contribution in [3.05, 3.63) is 36.8 Å². The molecule has 0 bridgehead atoms. The number of hydrogen-bond donors (Lipinski definition) is 1. The van der Waals surface area contributed by atoms with Gasteiger partial charge in [-0.3, -0.25) is 10.1 Å². The van der Waals surface area contributed by atoms with Gasteiger partial charge in [-0.15, -0.1) is 0 Å². The van der Waals surface area contributed by atoms with Gasteiger partial charge in [0.05, 0.1) is 21.6 Å². The maximum Gasteiger partial charge on any atom is 0.289 e. The first-order valence-corrected chi connectivity index (χ1v) is 4.88. The highest BCUT2D eigenvalue weighted by Crippen LogP contribution is 2.32. The molecule has 0 amide bonds. The van der Waals surface area contributed by atoms with E-state index in [1.54, 1.807) is 6.07 Å². The average molecular weight is 311 g/mol. The Labute approximate surface area is 91.0 Å². The Bertz CT molecular complexity index is 354. The van der Waals surface area contributed by atoms with Crippen molar-refractivity contribution in [2.75, 3.05) is 0 Å². The van der Waals surface area contributed by atoms with E-state index in [-0.39, 0.29) is 17.9 Å². The lowest BCUT2D eigenvalue weighted by atomic mass is 10.2. The van der Waals surface area contributed by atoms with Crippen LogP contribution in [0.1, 0.15) is 5.56 Å². The number of nitro benzene ring substituents is 1. The van der Waals surface area contributed by atoms with Gasteiger partial charge in [0.25, 0.3) is 5.69 Å². The van der Waals surface area contributed by atoms with Gasteiger partial charge >= 0.3 is 0 Å². The average Bonchev–Trinajstić information content (AvgIpc) is 2.01. The molecule has 0 unspecified atom stereocenters. The first kappa shape index (κ1) is 10.6. The second-order valence-corrected chi connectivity index (χ2v) is 4.08. The lowest BCUT2D eigenvalue weighted by Crippen LogP contribution is -1.96. The van der Waals surface area contributed by atoms with Crippen molar-refractivity contribution in [2.24, 2.45) is 0 Å². The van der Waals surface area contributed by atoms with Crippen molar-refractivity contribution in [3.63, 3.8) is 0 Å². The number of nitro groups is 1. The van der Waals surface area contributed by atoms with Crippen molar-refractivity contribution >= 4 is 37.5 Å². The Morgan fingerprint density at radius 1 is 1.46 bits per heavy atom. The summed E-state index contributed by atoms with van der Waals surface area (Å²) in [5.74, 6) is 0. The third kappa shape index (κ3) is 2.26. The number of aliphatic hydroxyl groups is 1. The van der Waals surface area contributed by atoms with Crippen LogP contribution in [0.15, 0.2) is 21.1 Å². The van der Waals surface area contributed by atoms with E-state index in [1.165, 1.54) is 6.07 Å². The maximum absolute atomic E-state index is 10.6. The minimum atomic E-state index is -0.526.